The average Bonchev–Trinajstić information content (AvgIpc) is 2.95. The number of amides is 2. The predicted molar refractivity (Wildman–Crippen MR) is 156 cm³/mol. The summed E-state index contributed by atoms with van der Waals surface area (Å²) in [6.07, 6.45) is 2.28. The van der Waals surface area contributed by atoms with Crippen LogP contribution in [0.4, 0.5) is 21.9 Å². The highest BCUT2D eigenvalue weighted by Crippen LogP contribution is 2.35. The van der Waals surface area contributed by atoms with Crippen LogP contribution in [0.15, 0.2) is 102 Å². The Balaban J connectivity index is 1.63. The van der Waals surface area contributed by atoms with Crippen LogP contribution in [0, 0.1) is 0 Å². The molecule has 0 saturated carbocycles. The zero-order valence-corrected chi connectivity index (χ0v) is 22.3. The van der Waals surface area contributed by atoms with Gasteiger partial charge < -0.3 is 25.6 Å². The van der Waals surface area contributed by atoms with E-state index >= 15 is 0 Å². The molecular weight excluding hydrogens is 514 g/mol. The monoisotopic (exact) mass is 543 g/mol. The number of hydrogen-bond acceptors (Lipinski definition) is 7. The van der Waals surface area contributed by atoms with Crippen LogP contribution in [-0.2, 0) is 14.3 Å². The predicted octanol–water partition coefficient (Wildman–Crippen LogP) is 6.35. The largest absolute Gasteiger partial charge is 0.507 e. The molecule has 2 amide bonds. The van der Waals surface area contributed by atoms with Crippen molar-refractivity contribution in [2.45, 2.75) is 17.1 Å². The van der Waals surface area contributed by atoms with Gasteiger partial charge in [-0.2, -0.15) is 0 Å². The van der Waals surface area contributed by atoms with Gasteiger partial charge in [0.25, 0.3) is 0 Å². The molecule has 0 aliphatic rings. The Morgan fingerprint density at radius 2 is 1.62 bits per heavy atom. The van der Waals surface area contributed by atoms with E-state index in [1.165, 1.54) is 25.3 Å². The van der Waals surface area contributed by atoms with E-state index in [-0.39, 0.29) is 5.75 Å². The van der Waals surface area contributed by atoms with Crippen molar-refractivity contribution in [1.82, 2.24) is 0 Å². The fraction of sp³-hybridized carbons (Fsp3) is 0.133. The van der Waals surface area contributed by atoms with Crippen LogP contribution in [0.25, 0.3) is 10.8 Å². The van der Waals surface area contributed by atoms with Crippen LogP contribution in [-0.4, -0.2) is 36.6 Å². The summed E-state index contributed by atoms with van der Waals surface area (Å²) in [6, 6.07) is 24.7. The summed E-state index contributed by atoms with van der Waals surface area (Å²) in [5.74, 6) is -0.335. The van der Waals surface area contributed by atoms with E-state index in [1.54, 1.807) is 66.4 Å². The van der Waals surface area contributed by atoms with E-state index in [0.29, 0.717) is 33.4 Å². The lowest BCUT2D eigenvalue weighted by atomic mass is 9.96. The van der Waals surface area contributed by atoms with Gasteiger partial charge >= 0.3 is 6.09 Å². The Morgan fingerprint density at radius 3 is 2.31 bits per heavy atom. The molecule has 0 fully saturated rings. The fourth-order valence-electron chi connectivity index (χ4n) is 4.07. The summed E-state index contributed by atoms with van der Waals surface area (Å²) in [5.41, 5.74) is 8.00. The lowest BCUT2D eigenvalue weighted by Crippen LogP contribution is -2.27. The number of methoxy groups -OCH3 is 1. The minimum absolute atomic E-state index is 0.0933. The van der Waals surface area contributed by atoms with Gasteiger partial charge in [0.1, 0.15) is 11.9 Å². The van der Waals surface area contributed by atoms with Crippen molar-refractivity contribution < 1.29 is 24.2 Å². The normalized spacial score (nSPS) is 12.7. The minimum atomic E-state index is -0.961. The van der Waals surface area contributed by atoms with Gasteiger partial charge in [-0.05, 0) is 60.2 Å². The van der Waals surface area contributed by atoms with Crippen LogP contribution in [0.3, 0.4) is 0 Å². The van der Waals surface area contributed by atoms with Crippen molar-refractivity contribution in [2.24, 2.45) is 0 Å². The van der Waals surface area contributed by atoms with Crippen molar-refractivity contribution in [3.05, 3.63) is 103 Å². The number of anilines is 3. The standard InChI is InChI=1S/C30H29N3O5S/c1-37-27(17-18-28(35)33-25-10-6-5-9-24(25)31)29(23-15-16-26(34)22-8-4-3-7-21(22)23)38-30(36)32-19-11-13-20(39-2)14-12-19/h3-18,27,29,34H,31H2,1-2H3,(H,32,36)(H,33,35)/b18-17+/t27-,29-/m1/s1. The third-order valence-corrected chi connectivity index (χ3v) is 6.78. The number of hydrogen-bond donors (Lipinski definition) is 4. The number of thioether (sulfide) groups is 1. The molecule has 0 unspecified atom stereocenters. The maximum Gasteiger partial charge on any atom is 0.412 e. The van der Waals surface area contributed by atoms with Gasteiger partial charge in [-0.15, -0.1) is 11.8 Å². The molecule has 0 saturated heterocycles. The van der Waals surface area contributed by atoms with Gasteiger partial charge in [-0.3, -0.25) is 10.1 Å². The highest BCUT2D eigenvalue weighted by Gasteiger charge is 2.28. The highest BCUT2D eigenvalue weighted by atomic mass is 32.2. The Labute approximate surface area is 230 Å². The molecule has 5 N–H and O–H groups in total. The third-order valence-electron chi connectivity index (χ3n) is 6.04. The number of fused-ring (bicyclic) bond motifs is 1. The van der Waals surface area contributed by atoms with E-state index in [1.807, 2.05) is 30.5 Å². The Morgan fingerprint density at radius 1 is 0.923 bits per heavy atom. The molecule has 4 rings (SSSR count). The molecule has 4 aromatic rings. The number of carbonyl (C=O) groups is 2. The molecule has 0 heterocycles. The maximum atomic E-state index is 13.0. The first-order chi connectivity index (χ1) is 18.9. The van der Waals surface area contributed by atoms with E-state index in [2.05, 4.69) is 10.6 Å². The molecule has 9 heteroatoms. The van der Waals surface area contributed by atoms with Gasteiger partial charge in [-0.1, -0.05) is 42.5 Å². The number of rotatable bonds is 9. The quantitative estimate of drug-likeness (QED) is 0.110. The molecule has 2 atom stereocenters. The smallest absolute Gasteiger partial charge is 0.412 e. The van der Waals surface area contributed by atoms with Crippen molar-refractivity contribution in [3.63, 3.8) is 0 Å². The fourth-order valence-corrected chi connectivity index (χ4v) is 4.48. The van der Waals surface area contributed by atoms with Crippen LogP contribution < -0.4 is 16.4 Å². The topological polar surface area (TPSA) is 123 Å². The highest BCUT2D eigenvalue weighted by molar-refractivity contribution is 7.98. The lowest BCUT2D eigenvalue weighted by molar-refractivity contribution is -0.112. The van der Waals surface area contributed by atoms with Crippen molar-refractivity contribution in [3.8, 4) is 5.75 Å². The molecule has 200 valence electrons. The number of nitrogen functional groups attached to an aromatic ring is 1. The number of para-hydroxylation sites is 2. The molecule has 0 aliphatic heterocycles. The first-order valence-electron chi connectivity index (χ1n) is 12.1. The first kappa shape index (κ1) is 27.6. The second kappa shape index (κ2) is 12.9. The average molecular weight is 544 g/mol. The SMILES string of the molecule is CO[C@H](/C=C/C(=O)Nc1ccccc1N)[C@H](OC(=O)Nc1ccc(SC)cc1)c1ccc(O)c2ccccc12. The molecule has 0 aliphatic carbocycles. The molecule has 0 aromatic heterocycles. The molecular formula is C30H29N3O5S. The molecule has 0 radical (unpaired) electrons. The number of nitrogens with one attached hydrogen (secondary N) is 2. The Kier molecular flexibility index (Phi) is 9.09. The molecule has 8 nitrogen and oxygen atoms in total. The number of aromatic hydroxyl groups is 1. The second-order valence-electron chi connectivity index (χ2n) is 8.53. The van der Waals surface area contributed by atoms with Crippen molar-refractivity contribution in [2.75, 3.05) is 29.7 Å². The van der Waals surface area contributed by atoms with E-state index in [9.17, 15) is 14.7 Å². The number of nitrogens with two attached hydrogens (primary N) is 1. The van der Waals surface area contributed by atoms with E-state index in [4.69, 9.17) is 15.2 Å². The van der Waals surface area contributed by atoms with E-state index in [0.717, 1.165) is 4.90 Å². The van der Waals surface area contributed by atoms with Gasteiger partial charge in [0, 0.05) is 34.7 Å². The van der Waals surface area contributed by atoms with Crippen molar-refractivity contribution >= 4 is 51.6 Å². The summed E-state index contributed by atoms with van der Waals surface area (Å²) in [4.78, 5) is 26.7. The molecule has 0 spiro atoms. The number of benzene rings is 4. The number of phenols is 1. The summed E-state index contributed by atoms with van der Waals surface area (Å²) >= 11 is 1.59. The summed E-state index contributed by atoms with van der Waals surface area (Å²) < 4.78 is 11.6. The van der Waals surface area contributed by atoms with Crippen molar-refractivity contribution in [1.29, 1.82) is 0 Å². The Hall–Kier alpha value is -4.47. The summed E-state index contributed by atoms with van der Waals surface area (Å²) in [7, 11) is 1.46. The number of carbonyl (C=O) groups excluding carboxylic acids is 2. The molecule has 4 aromatic carbocycles. The Bertz CT molecular complexity index is 1490. The van der Waals surface area contributed by atoms with E-state index < -0.39 is 24.2 Å². The second-order valence-corrected chi connectivity index (χ2v) is 9.41. The molecule has 0 bridgehead atoms. The van der Waals surface area contributed by atoms with Crippen LogP contribution in [0.2, 0.25) is 0 Å². The first-order valence-corrected chi connectivity index (χ1v) is 13.3. The summed E-state index contributed by atoms with van der Waals surface area (Å²) in [6.45, 7) is 0. The zero-order chi connectivity index (χ0) is 27.8. The van der Waals surface area contributed by atoms with Gasteiger partial charge in [0.15, 0.2) is 6.10 Å². The van der Waals surface area contributed by atoms with Gasteiger partial charge in [-0.25, -0.2) is 4.79 Å². The van der Waals surface area contributed by atoms with Gasteiger partial charge in [0.2, 0.25) is 5.91 Å². The number of phenolic OH excluding ortho intramolecular Hbond substituents is 1. The van der Waals surface area contributed by atoms with Crippen LogP contribution in [0.1, 0.15) is 11.7 Å². The van der Waals surface area contributed by atoms with Gasteiger partial charge in [0.05, 0.1) is 11.4 Å². The maximum absolute atomic E-state index is 13.0. The lowest BCUT2D eigenvalue weighted by Gasteiger charge is -2.26. The van der Waals surface area contributed by atoms with Crippen LogP contribution in [0.5, 0.6) is 5.75 Å². The zero-order valence-electron chi connectivity index (χ0n) is 21.5. The minimum Gasteiger partial charge on any atom is -0.507 e. The van der Waals surface area contributed by atoms with Crippen LogP contribution >= 0.6 is 11.8 Å². The number of ether oxygens (including phenoxy) is 2. The summed E-state index contributed by atoms with van der Waals surface area (Å²) in [5, 5.41) is 17.1. The third kappa shape index (κ3) is 6.90. The molecule has 39 heavy (non-hydrogen) atoms.